The van der Waals surface area contributed by atoms with Crippen molar-refractivity contribution in [2.75, 3.05) is 11.9 Å². The summed E-state index contributed by atoms with van der Waals surface area (Å²) in [6, 6.07) is 11.8. The van der Waals surface area contributed by atoms with E-state index in [0.29, 0.717) is 18.9 Å². The molecule has 2 fully saturated rings. The van der Waals surface area contributed by atoms with E-state index in [1.807, 2.05) is 36.4 Å². The van der Waals surface area contributed by atoms with Gasteiger partial charge in [-0.3, -0.25) is 14.7 Å². The number of nitrogens with one attached hydrogen (secondary N) is 2. The van der Waals surface area contributed by atoms with Crippen LogP contribution in [0.1, 0.15) is 49.8 Å². The van der Waals surface area contributed by atoms with Gasteiger partial charge in [0.25, 0.3) is 0 Å². The molecule has 1 aliphatic carbocycles. The Morgan fingerprint density at radius 1 is 1.18 bits per heavy atom. The Morgan fingerprint density at radius 3 is 2.75 bits per heavy atom. The fraction of sp³-hybridized carbons (Fsp3) is 0.500. The van der Waals surface area contributed by atoms with Gasteiger partial charge in [-0.25, -0.2) is 0 Å². The summed E-state index contributed by atoms with van der Waals surface area (Å²) in [5, 5.41) is 10.2. The first-order valence-corrected chi connectivity index (χ1v) is 10.3. The first kappa shape index (κ1) is 18.7. The van der Waals surface area contributed by atoms with Gasteiger partial charge in [-0.05, 0) is 17.9 Å². The Labute approximate surface area is 165 Å². The number of amides is 2. The van der Waals surface area contributed by atoms with E-state index < -0.39 is 0 Å². The number of carbonyl (C=O) groups is 2. The third-order valence-corrected chi connectivity index (χ3v) is 5.92. The van der Waals surface area contributed by atoms with Crippen molar-refractivity contribution in [2.24, 2.45) is 11.8 Å². The molecule has 1 aliphatic heterocycles. The summed E-state index contributed by atoms with van der Waals surface area (Å²) >= 11 is 0. The first-order valence-electron chi connectivity index (χ1n) is 10.3. The number of benzene rings is 1. The van der Waals surface area contributed by atoms with E-state index in [2.05, 4.69) is 15.5 Å². The van der Waals surface area contributed by atoms with Crippen molar-refractivity contribution in [3.8, 4) is 0 Å². The monoisotopic (exact) mass is 380 g/mol. The standard InChI is InChI=1S/C22H28N4O2/c27-21-12-18(15-26(21)14-17-9-5-2-6-10-17)22(28)23-20-13-19(24-25-20)11-16-7-3-1-4-8-16/h2,5-6,9-10,13,16,18H,1,3-4,7-8,11-12,14-15H2,(H2,23,24,25,28). The number of anilines is 1. The third kappa shape index (κ3) is 4.61. The van der Waals surface area contributed by atoms with E-state index >= 15 is 0 Å². The lowest BCUT2D eigenvalue weighted by Gasteiger charge is -2.20. The molecule has 2 heterocycles. The summed E-state index contributed by atoms with van der Waals surface area (Å²) in [6.45, 7) is 1.01. The maximum Gasteiger partial charge on any atom is 0.230 e. The Bertz CT molecular complexity index is 811. The van der Waals surface area contributed by atoms with Crippen molar-refractivity contribution in [3.05, 3.63) is 47.7 Å². The predicted molar refractivity (Wildman–Crippen MR) is 107 cm³/mol. The fourth-order valence-electron chi connectivity index (χ4n) is 4.37. The van der Waals surface area contributed by atoms with Crippen LogP contribution in [0.15, 0.2) is 36.4 Å². The van der Waals surface area contributed by atoms with E-state index in [-0.39, 0.29) is 24.2 Å². The molecular weight excluding hydrogens is 352 g/mol. The molecule has 6 heteroatoms. The molecule has 2 aromatic rings. The molecule has 4 rings (SSSR count). The third-order valence-electron chi connectivity index (χ3n) is 5.92. The highest BCUT2D eigenvalue weighted by Crippen LogP contribution is 2.27. The molecule has 2 aliphatic rings. The van der Waals surface area contributed by atoms with Gasteiger partial charge in [-0.15, -0.1) is 0 Å². The molecule has 1 atom stereocenters. The van der Waals surface area contributed by atoms with Crippen LogP contribution in [0.5, 0.6) is 0 Å². The van der Waals surface area contributed by atoms with E-state index in [0.717, 1.165) is 23.6 Å². The Morgan fingerprint density at radius 2 is 1.96 bits per heavy atom. The molecule has 28 heavy (non-hydrogen) atoms. The minimum Gasteiger partial charge on any atom is -0.338 e. The van der Waals surface area contributed by atoms with Crippen LogP contribution in [0.25, 0.3) is 0 Å². The van der Waals surface area contributed by atoms with Crippen molar-refractivity contribution >= 4 is 17.6 Å². The van der Waals surface area contributed by atoms with Crippen molar-refractivity contribution in [1.82, 2.24) is 15.1 Å². The zero-order valence-corrected chi connectivity index (χ0v) is 16.2. The average molecular weight is 380 g/mol. The highest BCUT2D eigenvalue weighted by Gasteiger charge is 2.34. The highest BCUT2D eigenvalue weighted by molar-refractivity contribution is 5.96. The van der Waals surface area contributed by atoms with Gasteiger partial charge in [0.05, 0.1) is 5.92 Å². The Hall–Kier alpha value is -2.63. The van der Waals surface area contributed by atoms with Gasteiger partial charge in [0.15, 0.2) is 5.82 Å². The van der Waals surface area contributed by atoms with Crippen LogP contribution in [0, 0.1) is 11.8 Å². The molecule has 148 valence electrons. The SMILES string of the molecule is O=C(Nc1cc(CC2CCCCC2)[nH]n1)C1CC(=O)N(Cc2ccccc2)C1. The second-order valence-corrected chi connectivity index (χ2v) is 8.14. The zero-order valence-electron chi connectivity index (χ0n) is 16.2. The van der Waals surface area contributed by atoms with Gasteiger partial charge in [0, 0.05) is 31.3 Å². The lowest BCUT2D eigenvalue weighted by Crippen LogP contribution is -2.28. The van der Waals surface area contributed by atoms with E-state index in [4.69, 9.17) is 0 Å². The number of hydrogen-bond acceptors (Lipinski definition) is 3. The maximum atomic E-state index is 12.6. The molecule has 1 aromatic heterocycles. The largest absolute Gasteiger partial charge is 0.338 e. The smallest absolute Gasteiger partial charge is 0.230 e. The molecule has 1 unspecified atom stereocenters. The van der Waals surface area contributed by atoms with Crippen LogP contribution >= 0.6 is 0 Å². The number of likely N-dealkylation sites (tertiary alicyclic amines) is 1. The predicted octanol–water partition coefficient (Wildman–Crippen LogP) is 3.52. The number of aromatic nitrogens is 2. The molecule has 2 N–H and O–H groups in total. The molecule has 1 saturated heterocycles. The van der Waals surface area contributed by atoms with Gasteiger partial charge in [-0.2, -0.15) is 5.10 Å². The van der Waals surface area contributed by atoms with Crippen LogP contribution in [0.2, 0.25) is 0 Å². The topological polar surface area (TPSA) is 78.1 Å². The fourth-order valence-corrected chi connectivity index (χ4v) is 4.37. The van der Waals surface area contributed by atoms with Gasteiger partial charge < -0.3 is 10.2 Å². The maximum absolute atomic E-state index is 12.6. The van der Waals surface area contributed by atoms with Gasteiger partial charge >= 0.3 is 0 Å². The van der Waals surface area contributed by atoms with Crippen LogP contribution < -0.4 is 5.32 Å². The Kier molecular flexibility index (Phi) is 5.74. The number of nitrogens with zero attached hydrogens (tertiary/aromatic N) is 2. The summed E-state index contributed by atoms with van der Waals surface area (Å²) in [6.07, 6.45) is 7.80. The number of H-pyrrole nitrogens is 1. The number of rotatable bonds is 6. The second-order valence-electron chi connectivity index (χ2n) is 8.14. The Balaban J connectivity index is 1.29. The van der Waals surface area contributed by atoms with Crippen molar-refractivity contribution in [1.29, 1.82) is 0 Å². The molecule has 0 radical (unpaired) electrons. The summed E-state index contributed by atoms with van der Waals surface area (Å²) < 4.78 is 0. The van der Waals surface area contributed by atoms with Crippen LogP contribution in [-0.4, -0.2) is 33.5 Å². The number of carbonyl (C=O) groups excluding carboxylic acids is 2. The normalized spacial score (nSPS) is 20.5. The average Bonchev–Trinajstić information content (AvgIpc) is 3.30. The van der Waals surface area contributed by atoms with E-state index in [9.17, 15) is 9.59 Å². The highest BCUT2D eigenvalue weighted by atomic mass is 16.2. The molecule has 0 spiro atoms. The first-order chi connectivity index (χ1) is 13.7. The molecule has 0 bridgehead atoms. The van der Waals surface area contributed by atoms with Crippen LogP contribution in [0.4, 0.5) is 5.82 Å². The summed E-state index contributed by atoms with van der Waals surface area (Å²) in [5.74, 6) is 0.861. The molecular formula is C22H28N4O2. The van der Waals surface area contributed by atoms with E-state index in [1.165, 1.54) is 32.1 Å². The minimum atomic E-state index is -0.324. The van der Waals surface area contributed by atoms with Crippen LogP contribution in [0.3, 0.4) is 0 Å². The lowest BCUT2D eigenvalue weighted by molar-refractivity contribution is -0.128. The molecule has 2 amide bonds. The van der Waals surface area contributed by atoms with Crippen molar-refractivity contribution < 1.29 is 9.59 Å². The van der Waals surface area contributed by atoms with Gasteiger partial charge in [0.2, 0.25) is 11.8 Å². The van der Waals surface area contributed by atoms with E-state index in [1.54, 1.807) is 4.90 Å². The number of hydrogen-bond donors (Lipinski definition) is 2. The van der Waals surface area contributed by atoms with Crippen molar-refractivity contribution in [3.63, 3.8) is 0 Å². The zero-order chi connectivity index (χ0) is 19.3. The molecule has 1 aromatic carbocycles. The molecule has 1 saturated carbocycles. The molecule has 6 nitrogen and oxygen atoms in total. The summed E-state index contributed by atoms with van der Waals surface area (Å²) in [7, 11) is 0. The number of aromatic amines is 1. The minimum absolute atomic E-state index is 0.0315. The lowest BCUT2D eigenvalue weighted by atomic mass is 9.86. The van der Waals surface area contributed by atoms with Gasteiger partial charge in [-0.1, -0.05) is 62.4 Å². The quantitative estimate of drug-likeness (QED) is 0.805. The van der Waals surface area contributed by atoms with Crippen molar-refractivity contribution in [2.45, 2.75) is 51.5 Å². The second kappa shape index (κ2) is 8.59. The van der Waals surface area contributed by atoms with Crippen LogP contribution in [-0.2, 0) is 22.6 Å². The van der Waals surface area contributed by atoms with Gasteiger partial charge in [0.1, 0.15) is 0 Å². The summed E-state index contributed by atoms with van der Waals surface area (Å²) in [5.41, 5.74) is 2.16. The summed E-state index contributed by atoms with van der Waals surface area (Å²) in [4.78, 5) is 26.7.